The van der Waals surface area contributed by atoms with Crippen LogP contribution in [0.4, 0.5) is 0 Å². The zero-order valence-corrected chi connectivity index (χ0v) is 11.7. The van der Waals surface area contributed by atoms with Crippen LogP contribution in [0.2, 0.25) is 0 Å². The molecule has 6 heteroatoms. The third-order valence-corrected chi connectivity index (χ3v) is 4.98. The van der Waals surface area contributed by atoms with Crippen LogP contribution in [-0.2, 0) is 11.8 Å². The highest BCUT2D eigenvalue weighted by molar-refractivity contribution is 5.95. The summed E-state index contributed by atoms with van der Waals surface area (Å²) in [6.45, 7) is 1.83. The molecular formula is C14H19N3O3. The molecule has 108 valence electrons. The van der Waals surface area contributed by atoms with Crippen molar-refractivity contribution in [2.45, 2.75) is 32.2 Å². The first-order valence-corrected chi connectivity index (χ1v) is 7.01. The lowest BCUT2D eigenvalue weighted by atomic mass is 9.84. The molecule has 2 aliphatic rings. The number of nitrogens with one attached hydrogen (secondary N) is 1. The number of amides is 1. The minimum atomic E-state index is -0.787. The maximum atomic E-state index is 12.3. The number of hydrogen-bond acceptors (Lipinski definition) is 3. The molecule has 0 spiro atoms. The van der Waals surface area contributed by atoms with E-state index in [9.17, 15) is 14.7 Å². The van der Waals surface area contributed by atoms with Crippen molar-refractivity contribution in [2.75, 3.05) is 0 Å². The van der Waals surface area contributed by atoms with Crippen LogP contribution in [0.3, 0.4) is 0 Å². The summed E-state index contributed by atoms with van der Waals surface area (Å²) in [5.74, 6) is -0.903. The molecule has 1 aromatic heterocycles. The van der Waals surface area contributed by atoms with Gasteiger partial charge in [0.05, 0.1) is 17.7 Å². The molecule has 1 aromatic rings. The first kappa shape index (κ1) is 13.1. The average molecular weight is 277 g/mol. The van der Waals surface area contributed by atoms with Gasteiger partial charge in [-0.05, 0) is 38.0 Å². The van der Waals surface area contributed by atoms with Crippen molar-refractivity contribution >= 4 is 11.9 Å². The number of hydrogen-bond donors (Lipinski definition) is 2. The zero-order chi connectivity index (χ0) is 14.4. The maximum Gasteiger partial charge on any atom is 0.308 e. The smallest absolute Gasteiger partial charge is 0.308 e. The van der Waals surface area contributed by atoms with Crippen LogP contribution in [-0.4, -0.2) is 32.8 Å². The predicted molar refractivity (Wildman–Crippen MR) is 71.2 cm³/mol. The lowest BCUT2D eigenvalue weighted by molar-refractivity contribution is -0.144. The Morgan fingerprint density at radius 3 is 2.70 bits per heavy atom. The zero-order valence-electron chi connectivity index (χ0n) is 11.7. The van der Waals surface area contributed by atoms with Gasteiger partial charge >= 0.3 is 5.97 Å². The Labute approximate surface area is 117 Å². The molecule has 20 heavy (non-hydrogen) atoms. The van der Waals surface area contributed by atoms with E-state index < -0.39 is 11.9 Å². The standard InChI is InChI=1S/C14H19N3O3/c1-7-10(6-15-17(7)2)13(18)16-12-9-4-3-8(5-9)11(12)14(19)20/h6,8-9,11-12H,3-5H2,1-2H3,(H,16,18)(H,19,20). The summed E-state index contributed by atoms with van der Waals surface area (Å²) >= 11 is 0. The second-order valence-electron chi connectivity index (χ2n) is 5.96. The second-order valence-corrected chi connectivity index (χ2v) is 5.96. The van der Waals surface area contributed by atoms with Gasteiger partial charge < -0.3 is 10.4 Å². The Hall–Kier alpha value is -1.85. The van der Waals surface area contributed by atoms with Crippen LogP contribution in [0.1, 0.15) is 35.3 Å². The van der Waals surface area contributed by atoms with Crippen LogP contribution < -0.4 is 5.32 Å². The van der Waals surface area contributed by atoms with Gasteiger partial charge in [0.1, 0.15) is 0 Å². The van der Waals surface area contributed by atoms with Gasteiger partial charge in [0.15, 0.2) is 0 Å². The van der Waals surface area contributed by atoms with Crippen molar-refractivity contribution in [1.29, 1.82) is 0 Å². The number of aryl methyl sites for hydroxylation is 1. The highest BCUT2D eigenvalue weighted by Crippen LogP contribution is 2.48. The SMILES string of the molecule is Cc1c(C(=O)NC2C3CCC(C3)C2C(=O)O)cnn1C. The normalized spacial score (nSPS) is 31.5. The molecule has 0 aliphatic heterocycles. The van der Waals surface area contributed by atoms with Gasteiger partial charge in [0.25, 0.3) is 5.91 Å². The molecule has 2 bridgehead atoms. The van der Waals surface area contributed by atoms with E-state index in [1.807, 2.05) is 6.92 Å². The largest absolute Gasteiger partial charge is 0.481 e. The van der Waals surface area contributed by atoms with E-state index in [4.69, 9.17) is 0 Å². The molecule has 0 saturated heterocycles. The molecule has 6 nitrogen and oxygen atoms in total. The Bertz CT molecular complexity index is 566. The summed E-state index contributed by atoms with van der Waals surface area (Å²) in [6, 6.07) is -0.238. The monoisotopic (exact) mass is 277 g/mol. The molecule has 4 atom stereocenters. The van der Waals surface area contributed by atoms with Gasteiger partial charge in [-0.1, -0.05) is 0 Å². The number of nitrogens with zero attached hydrogens (tertiary/aromatic N) is 2. The molecule has 0 radical (unpaired) electrons. The molecule has 2 N–H and O–H groups in total. The quantitative estimate of drug-likeness (QED) is 0.861. The van der Waals surface area contributed by atoms with E-state index in [-0.39, 0.29) is 17.9 Å². The van der Waals surface area contributed by atoms with E-state index in [1.165, 1.54) is 6.20 Å². The van der Waals surface area contributed by atoms with Crippen molar-refractivity contribution in [3.63, 3.8) is 0 Å². The van der Waals surface area contributed by atoms with Crippen molar-refractivity contribution < 1.29 is 14.7 Å². The van der Waals surface area contributed by atoms with E-state index in [2.05, 4.69) is 10.4 Å². The third kappa shape index (κ3) is 1.90. The summed E-state index contributed by atoms with van der Waals surface area (Å²) in [7, 11) is 1.78. The molecule has 0 aromatic carbocycles. The minimum absolute atomic E-state index is 0.209. The summed E-state index contributed by atoms with van der Waals surface area (Å²) < 4.78 is 1.64. The van der Waals surface area contributed by atoms with E-state index in [0.717, 1.165) is 25.0 Å². The number of carboxylic acids is 1. The van der Waals surface area contributed by atoms with E-state index in [0.29, 0.717) is 11.5 Å². The summed E-state index contributed by atoms with van der Waals surface area (Å²) in [5.41, 5.74) is 1.32. The van der Waals surface area contributed by atoms with Crippen LogP contribution in [0.15, 0.2) is 6.20 Å². The van der Waals surface area contributed by atoms with Crippen LogP contribution in [0.5, 0.6) is 0 Å². The average Bonchev–Trinajstić information content (AvgIpc) is 3.06. The number of aliphatic carboxylic acids is 1. The van der Waals surface area contributed by atoms with Crippen molar-refractivity contribution in [3.8, 4) is 0 Å². The van der Waals surface area contributed by atoms with Crippen molar-refractivity contribution in [3.05, 3.63) is 17.5 Å². The van der Waals surface area contributed by atoms with Gasteiger partial charge in [-0.25, -0.2) is 0 Å². The number of carbonyl (C=O) groups excluding carboxylic acids is 1. The minimum Gasteiger partial charge on any atom is -0.481 e. The Morgan fingerprint density at radius 1 is 1.40 bits per heavy atom. The lowest BCUT2D eigenvalue weighted by Crippen LogP contribution is -2.46. The van der Waals surface area contributed by atoms with Gasteiger partial charge in [-0.2, -0.15) is 5.10 Å². The highest BCUT2D eigenvalue weighted by atomic mass is 16.4. The Kier molecular flexibility index (Phi) is 3.03. The fourth-order valence-corrected chi connectivity index (χ4v) is 3.81. The fourth-order valence-electron chi connectivity index (χ4n) is 3.81. The number of fused-ring (bicyclic) bond motifs is 2. The molecule has 3 rings (SSSR count). The van der Waals surface area contributed by atoms with Gasteiger partial charge in [0.2, 0.25) is 0 Å². The fraction of sp³-hybridized carbons (Fsp3) is 0.643. The van der Waals surface area contributed by atoms with E-state index in [1.54, 1.807) is 11.7 Å². The number of carboxylic acid groups (broad SMARTS) is 1. The summed E-state index contributed by atoms with van der Waals surface area (Å²) in [6.07, 6.45) is 4.45. The molecule has 2 fully saturated rings. The molecular weight excluding hydrogens is 258 g/mol. The maximum absolute atomic E-state index is 12.3. The van der Waals surface area contributed by atoms with Gasteiger partial charge in [0, 0.05) is 18.8 Å². The lowest BCUT2D eigenvalue weighted by Gasteiger charge is -2.28. The molecule has 1 heterocycles. The highest BCUT2D eigenvalue weighted by Gasteiger charge is 2.51. The van der Waals surface area contributed by atoms with Gasteiger partial charge in [-0.3, -0.25) is 14.3 Å². The van der Waals surface area contributed by atoms with Crippen LogP contribution in [0, 0.1) is 24.7 Å². The Morgan fingerprint density at radius 2 is 2.10 bits per heavy atom. The third-order valence-electron chi connectivity index (χ3n) is 4.98. The molecule has 1 amide bonds. The number of rotatable bonds is 3. The Balaban J connectivity index is 1.78. The van der Waals surface area contributed by atoms with Crippen molar-refractivity contribution in [2.24, 2.45) is 24.8 Å². The van der Waals surface area contributed by atoms with Crippen LogP contribution >= 0.6 is 0 Å². The summed E-state index contributed by atoms with van der Waals surface area (Å²) in [5, 5.41) is 16.4. The van der Waals surface area contributed by atoms with Gasteiger partial charge in [-0.15, -0.1) is 0 Å². The molecule has 2 saturated carbocycles. The van der Waals surface area contributed by atoms with Crippen molar-refractivity contribution in [1.82, 2.24) is 15.1 Å². The molecule has 2 aliphatic carbocycles. The predicted octanol–water partition coefficient (Wildman–Crippen LogP) is 0.958. The summed E-state index contributed by atoms with van der Waals surface area (Å²) in [4.78, 5) is 23.7. The first-order valence-electron chi connectivity index (χ1n) is 7.01. The number of aromatic nitrogens is 2. The second kappa shape index (κ2) is 4.61. The topological polar surface area (TPSA) is 84.2 Å². The first-order chi connectivity index (χ1) is 9.49. The van der Waals surface area contributed by atoms with Crippen LogP contribution in [0.25, 0.3) is 0 Å². The van der Waals surface area contributed by atoms with E-state index >= 15 is 0 Å². The number of carbonyl (C=O) groups is 2. The molecule has 4 unspecified atom stereocenters.